The first kappa shape index (κ1) is 17.5. The zero-order valence-corrected chi connectivity index (χ0v) is 16.0. The van der Waals surface area contributed by atoms with Crippen molar-refractivity contribution in [3.63, 3.8) is 0 Å². The van der Waals surface area contributed by atoms with E-state index in [1.54, 1.807) is 23.5 Å². The standard InChI is InChI=1S/C12H12.C9H8N6O2/c1-2-4-9(5-3-1)10-6-11-8-12(11)7-10;1-14-4-11-8-7(14)9(16)15(5-12-8)2-6-10-3-13-17-6/h1-6,11-12H,7-8H2;3-5H,2H2,1H3/t11-,12+;/m1./s1. The molecule has 8 nitrogen and oxygen atoms in total. The molecule has 8 heteroatoms. The highest BCUT2D eigenvalue weighted by molar-refractivity contribution is 5.69. The minimum atomic E-state index is -0.187. The summed E-state index contributed by atoms with van der Waals surface area (Å²) in [5, 5.41) is 3.48. The first-order chi connectivity index (χ1) is 14.2. The molecule has 0 aliphatic heterocycles. The third-order valence-corrected chi connectivity index (χ3v) is 5.43. The van der Waals surface area contributed by atoms with Crippen molar-refractivity contribution in [3.8, 4) is 0 Å². The molecule has 0 unspecified atom stereocenters. The van der Waals surface area contributed by atoms with E-state index in [1.807, 2.05) is 0 Å². The second-order valence-electron chi connectivity index (χ2n) is 7.46. The lowest BCUT2D eigenvalue weighted by Crippen LogP contribution is -2.22. The number of fused-ring (bicyclic) bond motifs is 2. The van der Waals surface area contributed by atoms with Crippen molar-refractivity contribution in [2.75, 3.05) is 0 Å². The monoisotopic (exact) mass is 388 g/mol. The van der Waals surface area contributed by atoms with Crippen LogP contribution in [-0.4, -0.2) is 29.2 Å². The Kier molecular flexibility index (Phi) is 4.31. The van der Waals surface area contributed by atoms with Gasteiger partial charge in [-0.3, -0.25) is 9.36 Å². The minimum absolute atomic E-state index is 0.187. The molecule has 6 rings (SSSR count). The quantitative estimate of drug-likeness (QED) is 0.536. The highest BCUT2D eigenvalue weighted by atomic mass is 16.5. The first-order valence-electron chi connectivity index (χ1n) is 9.57. The third-order valence-electron chi connectivity index (χ3n) is 5.43. The van der Waals surface area contributed by atoms with Crippen LogP contribution in [0.1, 0.15) is 24.3 Å². The van der Waals surface area contributed by atoms with Gasteiger partial charge in [-0.1, -0.05) is 41.6 Å². The summed E-state index contributed by atoms with van der Waals surface area (Å²) in [5.74, 6) is 2.32. The second kappa shape index (κ2) is 7.12. The van der Waals surface area contributed by atoms with Crippen molar-refractivity contribution in [2.24, 2.45) is 18.9 Å². The topological polar surface area (TPSA) is 91.6 Å². The number of allylic oxidation sites excluding steroid dienone is 2. The largest absolute Gasteiger partial charge is 0.338 e. The van der Waals surface area contributed by atoms with Gasteiger partial charge in [-0.15, -0.1) is 0 Å². The molecule has 0 radical (unpaired) electrons. The fraction of sp³-hybridized carbons (Fsp3) is 0.286. The molecule has 2 aliphatic rings. The number of nitrogens with zero attached hydrogens (tertiary/aromatic N) is 6. The number of hydrogen-bond donors (Lipinski definition) is 0. The molecule has 2 aliphatic carbocycles. The molecule has 3 heterocycles. The SMILES string of the molecule is C1=C(c2ccccc2)C[C@H]2C[C@@H]12.Cn1cnc2ncn(Cc3ncno3)c(=O)c21. The van der Waals surface area contributed by atoms with Crippen molar-refractivity contribution in [3.05, 3.63) is 77.2 Å². The minimum Gasteiger partial charge on any atom is -0.338 e. The van der Waals surface area contributed by atoms with Crippen molar-refractivity contribution >= 4 is 16.7 Å². The number of aryl methyl sites for hydroxylation is 1. The maximum absolute atomic E-state index is 12.1. The van der Waals surface area contributed by atoms with Crippen LogP contribution in [0.5, 0.6) is 0 Å². The van der Waals surface area contributed by atoms with E-state index >= 15 is 0 Å². The molecule has 1 fully saturated rings. The van der Waals surface area contributed by atoms with Crippen LogP contribution in [0.15, 0.2) is 64.7 Å². The molecule has 0 bridgehead atoms. The molecule has 0 spiro atoms. The fourth-order valence-corrected chi connectivity index (χ4v) is 3.78. The molecule has 2 atom stereocenters. The van der Waals surface area contributed by atoms with E-state index in [9.17, 15) is 4.79 Å². The number of imidazole rings is 1. The Labute approximate surface area is 166 Å². The van der Waals surface area contributed by atoms with E-state index in [2.05, 4.69) is 56.5 Å². The van der Waals surface area contributed by atoms with Crippen LogP contribution in [0.4, 0.5) is 0 Å². The number of aromatic nitrogens is 6. The molecule has 0 N–H and O–H groups in total. The Hall–Kier alpha value is -3.55. The summed E-state index contributed by atoms with van der Waals surface area (Å²) >= 11 is 0. The Morgan fingerprint density at radius 3 is 2.69 bits per heavy atom. The van der Waals surface area contributed by atoms with Crippen molar-refractivity contribution in [1.29, 1.82) is 0 Å². The summed E-state index contributed by atoms with van der Waals surface area (Å²) in [6, 6.07) is 10.8. The molecule has 4 aromatic rings. The van der Waals surface area contributed by atoms with Gasteiger partial charge in [0.1, 0.15) is 12.9 Å². The summed E-state index contributed by atoms with van der Waals surface area (Å²) in [4.78, 5) is 24.1. The predicted molar refractivity (Wildman–Crippen MR) is 107 cm³/mol. The lowest BCUT2D eigenvalue weighted by atomic mass is 10.0. The smallest absolute Gasteiger partial charge is 0.280 e. The van der Waals surface area contributed by atoms with Crippen LogP contribution >= 0.6 is 0 Å². The van der Waals surface area contributed by atoms with Gasteiger partial charge in [-0.05, 0) is 35.8 Å². The molecular formula is C21H20N6O2. The predicted octanol–water partition coefficient (Wildman–Crippen LogP) is 2.67. The maximum atomic E-state index is 12.1. The van der Waals surface area contributed by atoms with Gasteiger partial charge in [-0.25, -0.2) is 9.97 Å². The van der Waals surface area contributed by atoms with Crippen molar-refractivity contribution in [2.45, 2.75) is 19.4 Å². The van der Waals surface area contributed by atoms with Gasteiger partial charge < -0.3 is 9.09 Å². The van der Waals surface area contributed by atoms with Gasteiger partial charge in [-0.2, -0.15) is 4.98 Å². The second-order valence-corrected chi connectivity index (χ2v) is 7.46. The van der Waals surface area contributed by atoms with E-state index in [0.29, 0.717) is 17.1 Å². The van der Waals surface area contributed by atoms with Gasteiger partial charge in [0.2, 0.25) is 5.89 Å². The fourth-order valence-electron chi connectivity index (χ4n) is 3.78. The molecule has 29 heavy (non-hydrogen) atoms. The molecule has 146 valence electrons. The van der Waals surface area contributed by atoms with E-state index < -0.39 is 0 Å². The van der Waals surface area contributed by atoms with Crippen LogP contribution in [0.25, 0.3) is 16.7 Å². The average molecular weight is 388 g/mol. The Balaban J connectivity index is 0.000000132. The van der Waals surface area contributed by atoms with Gasteiger partial charge in [0, 0.05) is 7.05 Å². The highest BCUT2D eigenvalue weighted by Crippen LogP contribution is 2.52. The third kappa shape index (κ3) is 3.49. The Morgan fingerprint density at radius 2 is 1.97 bits per heavy atom. The van der Waals surface area contributed by atoms with Gasteiger partial charge in [0.05, 0.1) is 6.33 Å². The van der Waals surface area contributed by atoms with Gasteiger partial charge in [0.25, 0.3) is 5.56 Å². The van der Waals surface area contributed by atoms with Crippen LogP contribution in [0.2, 0.25) is 0 Å². The summed E-state index contributed by atoms with van der Waals surface area (Å²) in [6.07, 6.45) is 9.51. The van der Waals surface area contributed by atoms with E-state index in [4.69, 9.17) is 4.52 Å². The highest BCUT2D eigenvalue weighted by Gasteiger charge is 2.40. The number of benzene rings is 1. The summed E-state index contributed by atoms with van der Waals surface area (Å²) in [7, 11) is 1.75. The average Bonchev–Trinajstić information content (AvgIpc) is 3.15. The van der Waals surface area contributed by atoms with Crippen LogP contribution in [0, 0.1) is 11.8 Å². The van der Waals surface area contributed by atoms with Crippen LogP contribution in [0.3, 0.4) is 0 Å². The van der Waals surface area contributed by atoms with Gasteiger partial charge >= 0.3 is 0 Å². The zero-order valence-electron chi connectivity index (χ0n) is 16.0. The molecule has 3 aromatic heterocycles. The van der Waals surface area contributed by atoms with E-state index in [1.165, 1.54) is 35.6 Å². The number of hydrogen-bond acceptors (Lipinski definition) is 6. The first-order valence-corrected chi connectivity index (χ1v) is 9.57. The van der Waals surface area contributed by atoms with Gasteiger partial charge in [0.15, 0.2) is 17.5 Å². The van der Waals surface area contributed by atoms with E-state index in [-0.39, 0.29) is 12.1 Å². The summed E-state index contributed by atoms with van der Waals surface area (Å²) in [5.41, 5.74) is 3.71. The molecule has 0 saturated heterocycles. The normalized spacial score (nSPS) is 19.4. The van der Waals surface area contributed by atoms with Crippen molar-refractivity contribution in [1.82, 2.24) is 29.2 Å². The summed E-state index contributed by atoms with van der Waals surface area (Å²) < 4.78 is 7.88. The Bertz CT molecular complexity index is 1220. The van der Waals surface area contributed by atoms with E-state index in [0.717, 1.165) is 11.8 Å². The zero-order chi connectivity index (χ0) is 19.8. The molecule has 1 aromatic carbocycles. The van der Waals surface area contributed by atoms with Crippen LogP contribution in [-0.2, 0) is 13.6 Å². The van der Waals surface area contributed by atoms with Crippen molar-refractivity contribution < 1.29 is 4.52 Å². The number of rotatable bonds is 3. The Morgan fingerprint density at radius 1 is 1.14 bits per heavy atom. The lowest BCUT2D eigenvalue weighted by molar-refractivity contribution is 0.368. The lowest BCUT2D eigenvalue weighted by Gasteiger charge is -2.02. The maximum Gasteiger partial charge on any atom is 0.280 e. The summed E-state index contributed by atoms with van der Waals surface area (Å²) in [6.45, 7) is 0.201. The molecule has 1 saturated carbocycles. The molecule has 0 amide bonds. The molecular weight excluding hydrogens is 368 g/mol. The van der Waals surface area contributed by atoms with Crippen LogP contribution < -0.4 is 5.56 Å².